The average Bonchev–Trinajstić information content (AvgIpc) is 2.26. The fourth-order valence-corrected chi connectivity index (χ4v) is 1.96. The highest BCUT2D eigenvalue weighted by Gasteiger charge is 2.28. The second-order valence-corrected chi connectivity index (χ2v) is 5.87. The van der Waals surface area contributed by atoms with E-state index < -0.39 is 5.60 Å². The number of amides is 1. The summed E-state index contributed by atoms with van der Waals surface area (Å²) in [5.74, 6) is -0.577. The highest BCUT2D eigenvalue weighted by Crippen LogP contribution is 2.17. The Labute approximate surface area is 120 Å². The molecule has 0 bridgehead atoms. The van der Waals surface area contributed by atoms with E-state index in [4.69, 9.17) is 9.47 Å². The summed E-state index contributed by atoms with van der Waals surface area (Å²) in [5.41, 5.74) is -0.533. The maximum atomic E-state index is 12.1. The van der Waals surface area contributed by atoms with Crippen LogP contribution in [0.3, 0.4) is 0 Å². The Morgan fingerprint density at radius 2 is 2.00 bits per heavy atom. The summed E-state index contributed by atoms with van der Waals surface area (Å²) in [7, 11) is 0. The van der Waals surface area contributed by atoms with Gasteiger partial charge in [-0.15, -0.1) is 0 Å². The predicted molar refractivity (Wildman–Crippen MR) is 76.3 cm³/mol. The van der Waals surface area contributed by atoms with Crippen LogP contribution in [-0.2, 0) is 14.3 Å². The van der Waals surface area contributed by atoms with Crippen molar-refractivity contribution >= 4 is 12.1 Å². The van der Waals surface area contributed by atoms with Crippen molar-refractivity contribution in [2.75, 3.05) is 19.7 Å². The van der Waals surface area contributed by atoms with Crippen LogP contribution in [0.25, 0.3) is 0 Å². The fraction of sp³-hybridized carbons (Fsp3) is 0.733. The zero-order valence-corrected chi connectivity index (χ0v) is 12.8. The van der Waals surface area contributed by atoms with Gasteiger partial charge in [-0.05, 0) is 40.5 Å². The molecule has 1 rings (SSSR count). The van der Waals surface area contributed by atoms with Crippen LogP contribution in [0.15, 0.2) is 12.2 Å². The molecule has 20 heavy (non-hydrogen) atoms. The lowest BCUT2D eigenvalue weighted by Gasteiger charge is -2.30. The zero-order chi connectivity index (χ0) is 15.2. The molecule has 0 aromatic rings. The molecule has 0 radical (unpaired) electrons. The van der Waals surface area contributed by atoms with Crippen molar-refractivity contribution in [3.63, 3.8) is 0 Å². The van der Waals surface area contributed by atoms with E-state index in [1.807, 2.05) is 32.9 Å². The van der Waals surface area contributed by atoms with Crippen LogP contribution >= 0.6 is 0 Å². The first-order chi connectivity index (χ1) is 9.33. The number of rotatable bonds is 2. The number of carbonyl (C=O) groups is 2. The second-order valence-electron chi connectivity index (χ2n) is 5.87. The van der Waals surface area contributed by atoms with Gasteiger partial charge in [0.25, 0.3) is 0 Å². The van der Waals surface area contributed by atoms with Crippen LogP contribution < -0.4 is 0 Å². The predicted octanol–water partition coefficient (Wildman–Crippen LogP) is 2.75. The highest BCUT2D eigenvalue weighted by molar-refractivity contribution is 5.74. The van der Waals surface area contributed by atoms with Gasteiger partial charge in [0, 0.05) is 13.1 Å². The quantitative estimate of drug-likeness (QED) is 0.577. The van der Waals surface area contributed by atoms with E-state index in [1.165, 1.54) is 0 Å². The van der Waals surface area contributed by atoms with Crippen molar-refractivity contribution < 1.29 is 19.1 Å². The minimum Gasteiger partial charge on any atom is -0.466 e. The van der Waals surface area contributed by atoms with Crippen LogP contribution in [0.2, 0.25) is 0 Å². The molecule has 114 valence electrons. The lowest BCUT2D eigenvalue weighted by molar-refractivity contribution is -0.148. The maximum absolute atomic E-state index is 12.1. The van der Waals surface area contributed by atoms with E-state index in [2.05, 4.69) is 0 Å². The Balaban J connectivity index is 2.72. The number of carbonyl (C=O) groups excluding carboxylic acids is 2. The zero-order valence-electron chi connectivity index (χ0n) is 12.8. The summed E-state index contributed by atoms with van der Waals surface area (Å²) in [4.78, 5) is 25.6. The lowest BCUT2D eigenvalue weighted by Crippen LogP contribution is -2.42. The van der Waals surface area contributed by atoms with Crippen molar-refractivity contribution in [1.82, 2.24) is 4.90 Å². The number of esters is 1. The van der Waals surface area contributed by atoms with E-state index >= 15 is 0 Å². The second kappa shape index (κ2) is 7.31. The SMILES string of the molecule is CCOC(=O)C1CC=CCCN(C(=O)OC(C)(C)C)C1. The Hall–Kier alpha value is -1.52. The number of hydrogen-bond acceptors (Lipinski definition) is 4. The van der Waals surface area contributed by atoms with Crippen LogP contribution in [0, 0.1) is 5.92 Å². The molecule has 1 unspecified atom stereocenters. The molecule has 0 spiro atoms. The van der Waals surface area contributed by atoms with Gasteiger partial charge in [-0.25, -0.2) is 4.79 Å². The Morgan fingerprint density at radius 1 is 1.30 bits per heavy atom. The molecule has 0 saturated heterocycles. The van der Waals surface area contributed by atoms with Gasteiger partial charge in [-0.3, -0.25) is 4.79 Å². The highest BCUT2D eigenvalue weighted by atomic mass is 16.6. The number of hydrogen-bond donors (Lipinski definition) is 0. The largest absolute Gasteiger partial charge is 0.466 e. The van der Waals surface area contributed by atoms with Gasteiger partial charge in [0.05, 0.1) is 12.5 Å². The smallest absolute Gasteiger partial charge is 0.410 e. The maximum Gasteiger partial charge on any atom is 0.410 e. The van der Waals surface area contributed by atoms with E-state index in [-0.39, 0.29) is 18.0 Å². The Bertz CT molecular complexity index is 371. The molecule has 1 atom stereocenters. The van der Waals surface area contributed by atoms with Gasteiger partial charge in [0.1, 0.15) is 5.60 Å². The number of ether oxygens (including phenoxy) is 2. The number of allylic oxidation sites excluding steroid dienone is 1. The van der Waals surface area contributed by atoms with Gasteiger partial charge in [0.2, 0.25) is 0 Å². The lowest BCUT2D eigenvalue weighted by atomic mass is 10.0. The Morgan fingerprint density at radius 3 is 2.60 bits per heavy atom. The van der Waals surface area contributed by atoms with Crippen molar-refractivity contribution in [1.29, 1.82) is 0 Å². The molecule has 0 N–H and O–H groups in total. The third kappa shape index (κ3) is 5.63. The van der Waals surface area contributed by atoms with Crippen molar-refractivity contribution in [3.8, 4) is 0 Å². The minimum atomic E-state index is -0.533. The van der Waals surface area contributed by atoms with Crippen molar-refractivity contribution in [3.05, 3.63) is 12.2 Å². The molecular formula is C15H25NO4. The summed E-state index contributed by atoms with van der Waals surface area (Å²) in [5, 5.41) is 0. The van der Waals surface area contributed by atoms with Gasteiger partial charge in [-0.2, -0.15) is 0 Å². The van der Waals surface area contributed by atoms with Gasteiger partial charge in [-0.1, -0.05) is 12.2 Å². The first-order valence-electron chi connectivity index (χ1n) is 7.13. The van der Waals surface area contributed by atoms with Crippen LogP contribution in [0.5, 0.6) is 0 Å². The third-order valence-corrected chi connectivity index (χ3v) is 2.87. The normalized spacial score (nSPS) is 20.0. The summed E-state index contributed by atoms with van der Waals surface area (Å²) in [6.07, 6.45) is 4.96. The molecule has 1 heterocycles. The van der Waals surface area contributed by atoms with Crippen molar-refractivity contribution in [2.45, 2.75) is 46.1 Å². The average molecular weight is 283 g/mol. The molecule has 0 aromatic heterocycles. The molecule has 1 amide bonds. The molecule has 0 aromatic carbocycles. The van der Waals surface area contributed by atoms with Crippen LogP contribution in [0.1, 0.15) is 40.5 Å². The summed E-state index contributed by atoms with van der Waals surface area (Å²) in [6.45, 7) is 8.53. The first kappa shape index (κ1) is 16.5. The molecule has 0 aliphatic carbocycles. The van der Waals surface area contributed by atoms with Crippen LogP contribution in [-0.4, -0.2) is 42.3 Å². The summed E-state index contributed by atoms with van der Waals surface area (Å²) in [6, 6.07) is 0. The van der Waals surface area contributed by atoms with Gasteiger partial charge < -0.3 is 14.4 Å². The van der Waals surface area contributed by atoms with E-state index in [9.17, 15) is 9.59 Å². The third-order valence-electron chi connectivity index (χ3n) is 2.87. The fourth-order valence-electron chi connectivity index (χ4n) is 1.96. The molecule has 5 heteroatoms. The van der Waals surface area contributed by atoms with Crippen LogP contribution in [0.4, 0.5) is 4.79 Å². The minimum absolute atomic E-state index is 0.257. The molecule has 5 nitrogen and oxygen atoms in total. The Kier molecular flexibility index (Phi) is 6.05. The van der Waals surface area contributed by atoms with Crippen molar-refractivity contribution in [2.24, 2.45) is 5.92 Å². The molecular weight excluding hydrogens is 258 g/mol. The van der Waals surface area contributed by atoms with E-state index in [0.717, 1.165) is 6.42 Å². The molecule has 1 aliphatic heterocycles. The summed E-state index contributed by atoms with van der Waals surface area (Å²) < 4.78 is 10.4. The van der Waals surface area contributed by atoms with Gasteiger partial charge >= 0.3 is 12.1 Å². The van der Waals surface area contributed by atoms with E-state index in [1.54, 1.807) is 11.8 Å². The molecule has 0 saturated carbocycles. The van der Waals surface area contributed by atoms with Gasteiger partial charge in [0.15, 0.2) is 0 Å². The van der Waals surface area contributed by atoms with E-state index in [0.29, 0.717) is 26.1 Å². The topological polar surface area (TPSA) is 55.8 Å². The molecule has 0 fully saturated rings. The summed E-state index contributed by atoms with van der Waals surface area (Å²) >= 11 is 0. The monoisotopic (exact) mass is 283 g/mol. The standard InChI is InChI=1S/C15H25NO4/c1-5-19-13(17)12-9-7-6-8-10-16(11-12)14(18)20-15(2,3)4/h6-7,12H,5,8-11H2,1-4H3. The molecule has 1 aliphatic rings. The number of nitrogens with zero attached hydrogens (tertiary/aromatic N) is 1. The first-order valence-corrected chi connectivity index (χ1v) is 7.13.